The van der Waals surface area contributed by atoms with E-state index >= 15 is 0 Å². The van der Waals surface area contributed by atoms with Crippen LogP contribution in [-0.2, 0) is 24.5 Å². The van der Waals surface area contributed by atoms with Crippen LogP contribution in [0.3, 0.4) is 0 Å². The van der Waals surface area contributed by atoms with Crippen LogP contribution in [0, 0.1) is 30.1 Å². The average Bonchev–Trinajstić information content (AvgIpc) is 2.95. The number of amides is 3. The van der Waals surface area contributed by atoms with Gasteiger partial charge in [0.25, 0.3) is 16.0 Å². The third-order valence-corrected chi connectivity index (χ3v) is 7.67. The highest BCUT2D eigenvalue weighted by Gasteiger charge is 2.35. The topological polar surface area (TPSA) is 179 Å². The zero-order valence-electron chi connectivity index (χ0n) is 27.4. The fourth-order valence-corrected chi connectivity index (χ4v) is 4.73. The lowest BCUT2D eigenvalue weighted by molar-refractivity contribution is -0.148. The smallest absolute Gasteiger partial charge is 0.294 e. The Morgan fingerprint density at radius 3 is 2.00 bits per heavy atom. The van der Waals surface area contributed by atoms with Crippen molar-refractivity contribution in [2.45, 2.75) is 78.7 Å². The molecule has 0 aliphatic rings. The van der Waals surface area contributed by atoms with E-state index in [0.717, 1.165) is 11.1 Å². The molecule has 12 heteroatoms. The minimum Gasteiger partial charge on any atom is -0.320 e. The molecule has 0 bridgehead atoms. The summed E-state index contributed by atoms with van der Waals surface area (Å²) in [4.78, 5) is 38.6. The molecule has 45 heavy (non-hydrogen) atoms. The van der Waals surface area contributed by atoms with E-state index in [1.165, 1.54) is 17.1 Å². The highest BCUT2D eigenvalue weighted by atomic mass is 32.2. The Morgan fingerprint density at radius 1 is 0.956 bits per heavy atom. The molecule has 6 N–H and O–H groups in total. The SMILES string of the molecule is CC(C)C[C@@H](C(=O)NN(CCC(C)(C)C)C(=O)[C@@H](C)N)[C@H](C/C=C/c1ccccc1)C(=O)NO.Cc1ccc(S(=O)(=O)O)cc1. The molecule has 0 fully saturated rings. The van der Waals surface area contributed by atoms with Gasteiger partial charge in [0.05, 0.1) is 22.8 Å². The number of rotatable bonds is 12. The monoisotopic (exact) mass is 646 g/mol. The van der Waals surface area contributed by atoms with Gasteiger partial charge in [-0.25, -0.2) is 5.48 Å². The molecular formula is C33H50N4O7S. The Bertz CT molecular complexity index is 1350. The van der Waals surface area contributed by atoms with Gasteiger partial charge in [-0.05, 0) is 62.1 Å². The van der Waals surface area contributed by atoms with Crippen LogP contribution in [0.5, 0.6) is 0 Å². The first-order chi connectivity index (χ1) is 20.9. The van der Waals surface area contributed by atoms with Crippen LogP contribution in [-0.4, -0.2) is 53.5 Å². The maximum Gasteiger partial charge on any atom is 0.294 e. The van der Waals surface area contributed by atoms with Gasteiger partial charge in [-0.3, -0.25) is 34.6 Å². The number of aryl methyl sites for hydroxylation is 1. The molecule has 0 aromatic heterocycles. The second-order valence-electron chi connectivity index (χ2n) is 12.7. The fourth-order valence-electron chi connectivity index (χ4n) is 4.25. The van der Waals surface area contributed by atoms with Crippen molar-refractivity contribution in [2.24, 2.45) is 28.9 Å². The summed E-state index contributed by atoms with van der Waals surface area (Å²) in [6.07, 6.45) is 5.00. The van der Waals surface area contributed by atoms with Crippen LogP contribution in [0.25, 0.3) is 6.08 Å². The van der Waals surface area contributed by atoms with Crippen molar-refractivity contribution < 1.29 is 32.6 Å². The van der Waals surface area contributed by atoms with Crippen molar-refractivity contribution in [2.75, 3.05) is 6.54 Å². The Balaban J connectivity index is 0.000000768. The standard InChI is InChI=1S/C26H42N4O4.C7H8O3S/c1-18(2)17-22(21(24(32)29-34)14-10-13-20-11-8-7-9-12-20)23(31)28-30(25(33)19(3)27)16-15-26(4,5)6;1-6-2-4-7(5-3-6)11(8,9)10/h7-13,18-19,21-22,34H,14-17,27H2,1-6H3,(H,28,31)(H,29,32);2-5H,1H3,(H,8,9,10)/b13-10+;/t19-,21+,22-;/m1./s1. The summed E-state index contributed by atoms with van der Waals surface area (Å²) >= 11 is 0. The van der Waals surface area contributed by atoms with Gasteiger partial charge < -0.3 is 5.73 Å². The lowest BCUT2D eigenvalue weighted by Crippen LogP contribution is -2.55. The largest absolute Gasteiger partial charge is 0.320 e. The zero-order chi connectivity index (χ0) is 34.4. The molecule has 0 aliphatic carbocycles. The highest BCUT2D eigenvalue weighted by molar-refractivity contribution is 7.85. The number of hydrogen-bond donors (Lipinski definition) is 5. The molecule has 0 aliphatic heterocycles. The molecule has 2 aromatic rings. The highest BCUT2D eigenvalue weighted by Crippen LogP contribution is 2.26. The van der Waals surface area contributed by atoms with Crippen LogP contribution >= 0.6 is 0 Å². The lowest BCUT2D eigenvalue weighted by Gasteiger charge is -2.32. The summed E-state index contributed by atoms with van der Waals surface area (Å²) in [5.41, 5.74) is 12.1. The molecule has 11 nitrogen and oxygen atoms in total. The predicted molar refractivity (Wildman–Crippen MR) is 175 cm³/mol. The molecule has 0 heterocycles. The number of nitrogens with two attached hydrogens (primary N) is 1. The van der Waals surface area contributed by atoms with E-state index in [4.69, 9.17) is 10.3 Å². The molecule has 2 aromatic carbocycles. The summed E-state index contributed by atoms with van der Waals surface area (Å²) in [7, 11) is -4.02. The maximum atomic E-state index is 13.4. The fraction of sp³-hybridized carbons (Fsp3) is 0.485. The van der Waals surface area contributed by atoms with E-state index in [9.17, 15) is 28.0 Å². The minimum atomic E-state index is -4.02. The third-order valence-electron chi connectivity index (χ3n) is 6.80. The number of carbonyl (C=O) groups excluding carboxylic acids is 3. The first-order valence-electron chi connectivity index (χ1n) is 14.9. The van der Waals surface area contributed by atoms with Crippen molar-refractivity contribution in [1.29, 1.82) is 0 Å². The van der Waals surface area contributed by atoms with Crippen molar-refractivity contribution in [1.82, 2.24) is 15.9 Å². The molecule has 0 unspecified atom stereocenters. The van der Waals surface area contributed by atoms with Crippen LogP contribution in [0.4, 0.5) is 0 Å². The normalized spacial score (nSPS) is 13.8. The van der Waals surface area contributed by atoms with Crippen LogP contribution in [0.15, 0.2) is 65.6 Å². The number of allylic oxidation sites excluding steroid dienone is 1. The van der Waals surface area contributed by atoms with Gasteiger partial charge in [-0.1, -0.05) is 94.8 Å². The lowest BCUT2D eigenvalue weighted by atomic mass is 9.82. The molecule has 3 atom stereocenters. The first-order valence-corrected chi connectivity index (χ1v) is 16.4. The van der Waals surface area contributed by atoms with E-state index in [2.05, 4.69) is 5.43 Å². The van der Waals surface area contributed by atoms with Gasteiger partial charge in [-0.2, -0.15) is 8.42 Å². The number of nitrogens with one attached hydrogen (secondary N) is 2. The van der Waals surface area contributed by atoms with Crippen molar-refractivity contribution in [3.63, 3.8) is 0 Å². The number of hydrogen-bond acceptors (Lipinski definition) is 7. The zero-order valence-corrected chi connectivity index (χ0v) is 28.2. The average molecular weight is 647 g/mol. The molecular weight excluding hydrogens is 596 g/mol. The minimum absolute atomic E-state index is 0.0556. The Labute approximate surface area is 267 Å². The van der Waals surface area contributed by atoms with Crippen molar-refractivity contribution >= 4 is 33.9 Å². The molecule has 0 radical (unpaired) electrons. The van der Waals surface area contributed by atoms with Crippen molar-refractivity contribution in [3.05, 3.63) is 71.8 Å². The van der Waals surface area contributed by atoms with Gasteiger partial charge in [0.1, 0.15) is 0 Å². The summed E-state index contributed by atoms with van der Waals surface area (Å²) in [5.74, 6) is -2.95. The van der Waals surface area contributed by atoms with Crippen molar-refractivity contribution in [3.8, 4) is 0 Å². The molecule has 3 amide bonds. The number of nitrogens with zero attached hydrogens (tertiary/aromatic N) is 1. The van der Waals surface area contributed by atoms with Gasteiger partial charge in [0.2, 0.25) is 11.8 Å². The number of benzene rings is 2. The molecule has 0 spiro atoms. The number of hydroxylamine groups is 1. The van der Waals surface area contributed by atoms with E-state index in [1.807, 2.05) is 84.0 Å². The maximum absolute atomic E-state index is 13.4. The van der Waals surface area contributed by atoms with Crippen LogP contribution in [0.2, 0.25) is 0 Å². The van der Waals surface area contributed by atoms with Gasteiger partial charge in [0.15, 0.2) is 0 Å². The molecule has 0 saturated heterocycles. The van der Waals surface area contributed by atoms with Gasteiger partial charge in [0, 0.05) is 6.54 Å². The van der Waals surface area contributed by atoms with E-state index in [0.29, 0.717) is 19.4 Å². The molecule has 0 saturated carbocycles. The predicted octanol–water partition coefficient (Wildman–Crippen LogP) is 4.76. The Kier molecular flexibility index (Phi) is 16.1. The van der Waals surface area contributed by atoms with E-state index in [1.54, 1.807) is 24.5 Å². The summed E-state index contributed by atoms with van der Waals surface area (Å²) in [6.45, 7) is 13.8. The first kappa shape index (κ1) is 39.4. The molecule has 2 rings (SSSR count). The van der Waals surface area contributed by atoms with E-state index in [-0.39, 0.29) is 22.6 Å². The van der Waals surface area contributed by atoms with Crippen LogP contribution in [0.1, 0.15) is 71.9 Å². The number of carbonyl (C=O) groups is 3. The van der Waals surface area contributed by atoms with Gasteiger partial charge in [-0.15, -0.1) is 0 Å². The Morgan fingerprint density at radius 2 is 1.53 bits per heavy atom. The Hall–Kier alpha value is -3.58. The summed E-state index contributed by atoms with van der Waals surface area (Å²) < 4.78 is 29.6. The van der Waals surface area contributed by atoms with Crippen LogP contribution < -0.4 is 16.6 Å². The second-order valence-corrected chi connectivity index (χ2v) is 14.1. The quantitative estimate of drug-likeness (QED) is 0.124. The number of hydrazine groups is 1. The van der Waals surface area contributed by atoms with Gasteiger partial charge >= 0.3 is 0 Å². The third kappa shape index (κ3) is 15.3. The molecule has 250 valence electrons. The summed E-state index contributed by atoms with van der Waals surface area (Å²) in [5, 5.41) is 10.6. The summed E-state index contributed by atoms with van der Waals surface area (Å²) in [6, 6.07) is 14.8. The second kappa shape index (κ2) is 18.4. The van der Waals surface area contributed by atoms with E-state index < -0.39 is 45.7 Å².